The highest BCUT2D eigenvalue weighted by Crippen LogP contribution is 2.41. The Kier molecular flexibility index (Phi) is 4.64. The summed E-state index contributed by atoms with van der Waals surface area (Å²) in [5, 5.41) is 4.44. The van der Waals surface area contributed by atoms with E-state index in [1.165, 1.54) is 30.7 Å². The molecule has 0 saturated carbocycles. The van der Waals surface area contributed by atoms with Crippen molar-refractivity contribution in [3.63, 3.8) is 0 Å². The Morgan fingerprint density at radius 2 is 1.69 bits per heavy atom. The molecule has 2 aromatic carbocycles. The molecular formula is C23H21FN4S. The second-order valence-electron chi connectivity index (χ2n) is 7.31. The first-order valence-corrected chi connectivity index (χ1v) is 10.6. The number of aryl methyl sites for hydroxylation is 1. The molecule has 0 unspecified atom stereocenters. The number of anilines is 3. The number of benzene rings is 2. The van der Waals surface area contributed by atoms with Gasteiger partial charge in [-0.15, -0.1) is 11.3 Å². The van der Waals surface area contributed by atoms with E-state index in [4.69, 9.17) is 0 Å². The van der Waals surface area contributed by atoms with E-state index in [9.17, 15) is 4.39 Å². The monoisotopic (exact) mass is 404 g/mol. The number of nitrogens with one attached hydrogen (secondary N) is 1. The summed E-state index contributed by atoms with van der Waals surface area (Å²) in [6, 6.07) is 15.1. The van der Waals surface area contributed by atoms with Crippen LogP contribution in [-0.2, 0) is 0 Å². The third-order valence-corrected chi connectivity index (χ3v) is 6.41. The van der Waals surface area contributed by atoms with Gasteiger partial charge in [-0.1, -0.05) is 12.1 Å². The predicted molar refractivity (Wildman–Crippen MR) is 119 cm³/mol. The molecule has 1 saturated heterocycles. The van der Waals surface area contributed by atoms with Crippen LogP contribution < -0.4 is 10.2 Å². The van der Waals surface area contributed by atoms with Gasteiger partial charge in [0.05, 0.1) is 5.39 Å². The van der Waals surface area contributed by atoms with Gasteiger partial charge in [0.2, 0.25) is 0 Å². The zero-order valence-electron chi connectivity index (χ0n) is 16.2. The fourth-order valence-electron chi connectivity index (χ4n) is 3.97. The van der Waals surface area contributed by atoms with Gasteiger partial charge in [-0.05, 0) is 61.7 Å². The fourth-order valence-corrected chi connectivity index (χ4v) is 4.98. The van der Waals surface area contributed by atoms with Crippen LogP contribution in [0.1, 0.15) is 17.7 Å². The summed E-state index contributed by atoms with van der Waals surface area (Å²) in [6.45, 7) is 4.34. The van der Waals surface area contributed by atoms with Crippen molar-refractivity contribution in [2.45, 2.75) is 19.8 Å². The Hall–Kier alpha value is -2.99. The molecule has 1 N–H and O–H groups in total. The topological polar surface area (TPSA) is 41.1 Å². The number of hydrogen-bond donors (Lipinski definition) is 1. The average Bonchev–Trinajstić information content (AvgIpc) is 3.37. The molecule has 0 radical (unpaired) electrons. The van der Waals surface area contributed by atoms with Crippen LogP contribution in [0.15, 0.2) is 54.9 Å². The number of thiophene rings is 1. The van der Waals surface area contributed by atoms with E-state index in [0.29, 0.717) is 0 Å². The molecule has 146 valence electrons. The van der Waals surface area contributed by atoms with Crippen molar-refractivity contribution in [3.05, 3.63) is 65.6 Å². The Morgan fingerprint density at radius 3 is 2.41 bits per heavy atom. The van der Waals surface area contributed by atoms with Gasteiger partial charge in [-0.2, -0.15) is 0 Å². The molecule has 3 heterocycles. The fraction of sp³-hybridized carbons (Fsp3) is 0.217. The van der Waals surface area contributed by atoms with Crippen LogP contribution in [0.2, 0.25) is 0 Å². The standard InChI is InChI=1S/C23H21FN4S/c1-15-20(16-4-6-17(24)7-5-16)21-22(25-14-26-23(21)29-15)27-18-8-10-19(11-9-18)28-12-2-3-13-28/h4-11,14H,2-3,12-13H2,1H3,(H,25,26,27). The maximum atomic E-state index is 13.4. The average molecular weight is 405 g/mol. The summed E-state index contributed by atoms with van der Waals surface area (Å²) in [7, 11) is 0. The molecule has 0 spiro atoms. The Balaban J connectivity index is 1.52. The van der Waals surface area contributed by atoms with Gasteiger partial charge in [0.15, 0.2) is 0 Å². The molecule has 5 rings (SSSR count). The van der Waals surface area contributed by atoms with Gasteiger partial charge in [-0.25, -0.2) is 14.4 Å². The largest absolute Gasteiger partial charge is 0.372 e. The first-order chi connectivity index (χ1) is 14.2. The third-order valence-electron chi connectivity index (χ3n) is 5.40. The molecule has 0 amide bonds. The van der Waals surface area contributed by atoms with E-state index in [-0.39, 0.29) is 5.82 Å². The Morgan fingerprint density at radius 1 is 0.966 bits per heavy atom. The zero-order valence-corrected chi connectivity index (χ0v) is 17.0. The van der Waals surface area contributed by atoms with Gasteiger partial charge in [0.25, 0.3) is 0 Å². The third kappa shape index (κ3) is 3.44. The normalized spacial score (nSPS) is 13.9. The summed E-state index contributed by atoms with van der Waals surface area (Å²) >= 11 is 1.63. The molecule has 1 fully saturated rings. The Bertz CT molecular complexity index is 1150. The van der Waals surface area contributed by atoms with Gasteiger partial charge in [0, 0.05) is 34.9 Å². The van der Waals surface area contributed by atoms with Gasteiger partial charge in [-0.3, -0.25) is 0 Å². The summed E-state index contributed by atoms with van der Waals surface area (Å²) in [5.74, 6) is 0.534. The van der Waals surface area contributed by atoms with Gasteiger partial charge in [0.1, 0.15) is 22.8 Å². The van der Waals surface area contributed by atoms with Gasteiger partial charge >= 0.3 is 0 Å². The lowest BCUT2D eigenvalue weighted by Gasteiger charge is -2.18. The quantitative estimate of drug-likeness (QED) is 0.443. The van der Waals surface area contributed by atoms with E-state index in [0.717, 1.165) is 50.8 Å². The first-order valence-electron chi connectivity index (χ1n) is 9.81. The molecule has 1 aliphatic heterocycles. The maximum Gasteiger partial charge on any atom is 0.143 e. The SMILES string of the molecule is Cc1sc2ncnc(Nc3ccc(N4CCCC4)cc3)c2c1-c1ccc(F)cc1. The van der Waals surface area contributed by atoms with E-state index < -0.39 is 0 Å². The number of hydrogen-bond acceptors (Lipinski definition) is 5. The molecule has 0 bridgehead atoms. The minimum absolute atomic E-state index is 0.237. The molecule has 0 atom stereocenters. The molecule has 4 aromatic rings. The number of fused-ring (bicyclic) bond motifs is 1. The summed E-state index contributed by atoms with van der Waals surface area (Å²) < 4.78 is 13.4. The van der Waals surface area contributed by atoms with E-state index >= 15 is 0 Å². The van der Waals surface area contributed by atoms with Crippen LogP contribution in [0, 0.1) is 12.7 Å². The van der Waals surface area contributed by atoms with E-state index in [1.807, 2.05) is 12.1 Å². The van der Waals surface area contributed by atoms with Crippen LogP contribution in [0.5, 0.6) is 0 Å². The second kappa shape index (κ2) is 7.44. The molecule has 4 nitrogen and oxygen atoms in total. The smallest absolute Gasteiger partial charge is 0.143 e. The van der Waals surface area contributed by atoms with Crippen molar-refractivity contribution >= 4 is 38.7 Å². The van der Waals surface area contributed by atoms with Crippen molar-refractivity contribution in [3.8, 4) is 11.1 Å². The minimum Gasteiger partial charge on any atom is -0.372 e. The van der Waals surface area contributed by atoms with Crippen molar-refractivity contribution in [2.24, 2.45) is 0 Å². The van der Waals surface area contributed by atoms with Crippen LogP contribution >= 0.6 is 11.3 Å². The van der Waals surface area contributed by atoms with E-state index in [1.54, 1.807) is 17.7 Å². The molecule has 1 aliphatic rings. The number of halogens is 1. The minimum atomic E-state index is -0.237. The van der Waals surface area contributed by atoms with E-state index in [2.05, 4.69) is 51.4 Å². The summed E-state index contributed by atoms with van der Waals surface area (Å²) in [6.07, 6.45) is 4.12. The van der Waals surface area contributed by atoms with Crippen molar-refractivity contribution in [2.75, 3.05) is 23.3 Å². The Labute approximate surface area is 173 Å². The molecular weight excluding hydrogens is 383 g/mol. The van der Waals surface area contributed by atoms with Crippen molar-refractivity contribution in [1.29, 1.82) is 0 Å². The maximum absolute atomic E-state index is 13.4. The lowest BCUT2D eigenvalue weighted by atomic mass is 10.0. The van der Waals surface area contributed by atoms with Crippen LogP contribution in [-0.4, -0.2) is 23.1 Å². The number of rotatable bonds is 4. The lowest BCUT2D eigenvalue weighted by molar-refractivity contribution is 0.628. The van der Waals surface area contributed by atoms with Crippen LogP contribution in [0.3, 0.4) is 0 Å². The number of aromatic nitrogens is 2. The molecule has 0 aliphatic carbocycles. The zero-order chi connectivity index (χ0) is 19.8. The highest BCUT2D eigenvalue weighted by Gasteiger charge is 2.17. The highest BCUT2D eigenvalue weighted by atomic mass is 32.1. The number of nitrogens with zero attached hydrogens (tertiary/aromatic N) is 3. The first kappa shape index (κ1) is 18.1. The van der Waals surface area contributed by atoms with Crippen LogP contribution in [0.25, 0.3) is 21.3 Å². The van der Waals surface area contributed by atoms with Crippen molar-refractivity contribution < 1.29 is 4.39 Å². The molecule has 6 heteroatoms. The lowest BCUT2D eigenvalue weighted by Crippen LogP contribution is -2.17. The highest BCUT2D eigenvalue weighted by molar-refractivity contribution is 7.19. The summed E-state index contributed by atoms with van der Waals surface area (Å²) in [5.41, 5.74) is 4.28. The van der Waals surface area contributed by atoms with Crippen molar-refractivity contribution in [1.82, 2.24) is 9.97 Å². The molecule has 29 heavy (non-hydrogen) atoms. The second-order valence-corrected chi connectivity index (χ2v) is 8.51. The predicted octanol–water partition coefficient (Wildman–Crippen LogP) is 6.15. The summed E-state index contributed by atoms with van der Waals surface area (Å²) in [4.78, 5) is 13.5. The van der Waals surface area contributed by atoms with Crippen LogP contribution in [0.4, 0.5) is 21.6 Å². The molecule has 2 aromatic heterocycles. The van der Waals surface area contributed by atoms with Gasteiger partial charge < -0.3 is 10.2 Å².